The van der Waals surface area contributed by atoms with Gasteiger partial charge in [0.05, 0.1) is 0 Å². The van der Waals surface area contributed by atoms with E-state index in [9.17, 15) is 9.59 Å². The third-order valence-electron chi connectivity index (χ3n) is 3.49. The molecule has 1 aliphatic heterocycles. The van der Waals surface area contributed by atoms with Crippen molar-refractivity contribution in [2.75, 3.05) is 0 Å². The first-order valence-electron chi connectivity index (χ1n) is 6.24. The molecule has 0 saturated carbocycles. The molecular weight excluding hydrogens is 244 g/mol. The number of carbonyl (C=O) groups excluding carboxylic acids is 2. The maximum atomic E-state index is 11.9. The Bertz CT molecular complexity index is 557. The van der Waals surface area contributed by atoms with E-state index in [2.05, 4.69) is 26.5 Å². The minimum atomic E-state index is -0.221. The van der Waals surface area contributed by atoms with Crippen LogP contribution in [0.3, 0.4) is 0 Å². The summed E-state index contributed by atoms with van der Waals surface area (Å²) in [7, 11) is 2.00. The zero-order valence-corrected chi connectivity index (χ0v) is 11.4. The monoisotopic (exact) mass is 262 g/mol. The summed E-state index contributed by atoms with van der Waals surface area (Å²) < 4.78 is 2.08. The van der Waals surface area contributed by atoms with E-state index in [4.69, 9.17) is 0 Å². The molecule has 0 aliphatic carbocycles. The van der Waals surface area contributed by atoms with Gasteiger partial charge in [0.25, 0.3) is 5.91 Å². The smallest absolute Gasteiger partial charge is 0.267 e. The third kappa shape index (κ3) is 2.83. The number of nitrogens with one attached hydrogen (secondary N) is 2. The Labute approximate surface area is 111 Å². The van der Waals surface area contributed by atoms with Gasteiger partial charge in [-0.2, -0.15) is 5.10 Å². The molecule has 0 aromatic carbocycles. The number of rotatable bonds is 3. The van der Waals surface area contributed by atoms with Gasteiger partial charge in [-0.25, -0.2) is 5.43 Å². The number of hydrogen-bond acceptors (Lipinski definition) is 3. The summed E-state index contributed by atoms with van der Waals surface area (Å²) in [4.78, 5) is 22.8. The molecule has 19 heavy (non-hydrogen) atoms. The Morgan fingerprint density at radius 2 is 2.21 bits per heavy atom. The van der Waals surface area contributed by atoms with E-state index in [-0.39, 0.29) is 11.8 Å². The fourth-order valence-electron chi connectivity index (χ4n) is 2.03. The molecule has 1 aliphatic rings. The van der Waals surface area contributed by atoms with Gasteiger partial charge in [-0.1, -0.05) is 0 Å². The van der Waals surface area contributed by atoms with Crippen LogP contribution in [0.25, 0.3) is 0 Å². The fraction of sp³-hybridized carbons (Fsp3) is 0.462. The fourth-order valence-corrected chi connectivity index (χ4v) is 2.03. The first kappa shape index (κ1) is 13.3. The average Bonchev–Trinajstić information content (AvgIpc) is 2.64. The van der Waals surface area contributed by atoms with Crippen LogP contribution in [0.5, 0.6) is 0 Å². The topological polar surface area (TPSA) is 75.5 Å². The molecule has 2 N–H and O–H groups in total. The number of aryl methyl sites for hydroxylation is 1. The highest BCUT2D eigenvalue weighted by Gasteiger charge is 2.18. The van der Waals surface area contributed by atoms with E-state index >= 15 is 0 Å². The molecule has 0 saturated heterocycles. The lowest BCUT2D eigenvalue weighted by Gasteiger charge is -2.12. The average molecular weight is 262 g/mol. The van der Waals surface area contributed by atoms with Crippen molar-refractivity contribution in [1.29, 1.82) is 0 Å². The van der Waals surface area contributed by atoms with E-state index < -0.39 is 0 Å². The molecule has 0 bridgehead atoms. The maximum Gasteiger partial charge on any atom is 0.267 e. The van der Waals surface area contributed by atoms with Crippen molar-refractivity contribution in [2.24, 2.45) is 12.1 Å². The van der Waals surface area contributed by atoms with Crippen molar-refractivity contribution in [3.8, 4) is 0 Å². The molecule has 2 amide bonds. The van der Waals surface area contributed by atoms with Crippen LogP contribution >= 0.6 is 0 Å². The van der Waals surface area contributed by atoms with Crippen LogP contribution in [0.15, 0.2) is 11.2 Å². The lowest BCUT2D eigenvalue weighted by Crippen LogP contribution is -2.36. The number of hydrazone groups is 1. The molecule has 0 fully saturated rings. The Kier molecular flexibility index (Phi) is 3.69. The number of nitrogens with zero attached hydrogens (tertiary/aromatic N) is 2. The molecule has 1 aromatic rings. The standard InChI is InChI=1S/C13H18N4O2/c1-8-6-10(9(2)17(8)3)7-14-13(19)11-4-5-12(18)16-15-11/h6H,4-5,7H2,1-3H3,(H,14,19)(H,16,18). The summed E-state index contributed by atoms with van der Waals surface area (Å²) in [6, 6.07) is 2.06. The summed E-state index contributed by atoms with van der Waals surface area (Å²) in [5.74, 6) is -0.369. The van der Waals surface area contributed by atoms with Gasteiger partial charge in [-0.15, -0.1) is 0 Å². The van der Waals surface area contributed by atoms with Crippen LogP contribution in [-0.4, -0.2) is 22.1 Å². The number of aromatic nitrogens is 1. The first-order valence-corrected chi connectivity index (χ1v) is 6.24. The number of amides is 2. The van der Waals surface area contributed by atoms with Crippen LogP contribution in [0.4, 0.5) is 0 Å². The summed E-state index contributed by atoms with van der Waals surface area (Å²) in [5.41, 5.74) is 6.08. The minimum Gasteiger partial charge on any atom is -0.352 e. The Balaban J connectivity index is 1.97. The minimum absolute atomic E-state index is 0.147. The number of carbonyl (C=O) groups is 2. The second-order valence-electron chi connectivity index (χ2n) is 4.73. The normalized spacial score (nSPS) is 14.9. The van der Waals surface area contributed by atoms with Crippen molar-refractivity contribution in [3.05, 3.63) is 23.0 Å². The van der Waals surface area contributed by atoms with Crippen LogP contribution in [0, 0.1) is 13.8 Å². The summed E-state index contributed by atoms with van der Waals surface area (Å²) in [5, 5.41) is 6.60. The third-order valence-corrected chi connectivity index (χ3v) is 3.49. The van der Waals surface area contributed by atoms with Gasteiger partial charge in [0.15, 0.2) is 0 Å². The summed E-state index contributed by atoms with van der Waals surface area (Å²) in [6.45, 7) is 4.52. The molecule has 0 unspecified atom stereocenters. The molecule has 2 rings (SSSR count). The van der Waals surface area contributed by atoms with Gasteiger partial charge >= 0.3 is 0 Å². The number of hydrogen-bond donors (Lipinski definition) is 2. The van der Waals surface area contributed by atoms with E-state index in [0.29, 0.717) is 25.1 Å². The SMILES string of the molecule is Cc1cc(CNC(=O)C2=NNC(=O)CC2)c(C)n1C. The van der Waals surface area contributed by atoms with Gasteiger partial charge in [-0.3, -0.25) is 9.59 Å². The van der Waals surface area contributed by atoms with Crippen LogP contribution < -0.4 is 10.7 Å². The van der Waals surface area contributed by atoms with Crippen LogP contribution in [0.2, 0.25) is 0 Å². The molecular formula is C13H18N4O2. The molecule has 102 valence electrons. The van der Waals surface area contributed by atoms with E-state index in [0.717, 1.165) is 17.0 Å². The molecule has 6 heteroatoms. The molecule has 0 radical (unpaired) electrons. The second kappa shape index (κ2) is 5.26. The first-order chi connectivity index (χ1) is 8.99. The highest BCUT2D eigenvalue weighted by Crippen LogP contribution is 2.12. The van der Waals surface area contributed by atoms with Gasteiger partial charge < -0.3 is 9.88 Å². The van der Waals surface area contributed by atoms with Gasteiger partial charge in [0, 0.05) is 37.8 Å². The lowest BCUT2D eigenvalue weighted by molar-refractivity contribution is -0.121. The maximum absolute atomic E-state index is 11.9. The summed E-state index contributed by atoms with van der Waals surface area (Å²) >= 11 is 0. The largest absolute Gasteiger partial charge is 0.352 e. The highest BCUT2D eigenvalue weighted by molar-refractivity contribution is 6.39. The van der Waals surface area contributed by atoms with Crippen molar-refractivity contribution in [3.63, 3.8) is 0 Å². The highest BCUT2D eigenvalue weighted by atomic mass is 16.2. The van der Waals surface area contributed by atoms with Crippen molar-refractivity contribution in [1.82, 2.24) is 15.3 Å². The zero-order chi connectivity index (χ0) is 14.0. The van der Waals surface area contributed by atoms with Gasteiger partial charge in [-0.05, 0) is 25.5 Å². The van der Waals surface area contributed by atoms with Crippen LogP contribution in [0.1, 0.15) is 29.8 Å². The van der Waals surface area contributed by atoms with E-state index in [1.807, 2.05) is 20.9 Å². The predicted molar refractivity (Wildman–Crippen MR) is 71.5 cm³/mol. The van der Waals surface area contributed by atoms with Crippen LogP contribution in [-0.2, 0) is 23.2 Å². The van der Waals surface area contributed by atoms with Crippen molar-refractivity contribution >= 4 is 17.5 Å². The van der Waals surface area contributed by atoms with Crippen molar-refractivity contribution < 1.29 is 9.59 Å². The molecule has 0 atom stereocenters. The van der Waals surface area contributed by atoms with Gasteiger partial charge in [0.2, 0.25) is 5.91 Å². The van der Waals surface area contributed by atoms with E-state index in [1.54, 1.807) is 0 Å². The molecule has 2 heterocycles. The zero-order valence-electron chi connectivity index (χ0n) is 11.4. The van der Waals surface area contributed by atoms with Gasteiger partial charge in [0.1, 0.15) is 5.71 Å². The summed E-state index contributed by atoms with van der Waals surface area (Å²) in [6.07, 6.45) is 0.709. The quantitative estimate of drug-likeness (QED) is 0.833. The Morgan fingerprint density at radius 1 is 1.47 bits per heavy atom. The van der Waals surface area contributed by atoms with E-state index in [1.165, 1.54) is 0 Å². The Morgan fingerprint density at radius 3 is 2.74 bits per heavy atom. The molecule has 6 nitrogen and oxygen atoms in total. The second-order valence-corrected chi connectivity index (χ2v) is 4.73. The lowest BCUT2D eigenvalue weighted by atomic mass is 10.1. The molecule has 0 spiro atoms. The van der Waals surface area contributed by atoms with Crippen molar-refractivity contribution in [2.45, 2.75) is 33.2 Å². The predicted octanol–water partition coefficient (Wildman–Crippen LogP) is 0.524. The molecule has 1 aromatic heterocycles. The Hall–Kier alpha value is -2.11.